The second kappa shape index (κ2) is 7.72. The summed E-state index contributed by atoms with van der Waals surface area (Å²) in [5, 5.41) is 3.22. The molecule has 0 fully saturated rings. The van der Waals surface area contributed by atoms with Gasteiger partial charge in [0, 0.05) is 16.0 Å². The molecule has 1 N–H and O–H groups in total. The van der Waals surface area contributed by atoms with Crippen molar-refractivity contribution < 1.29 is 14.3 Å². The van der Waals surface area contributed by atoms with E-state index in [9.17, 15) is 14.4 Å². The van der Waals surface area contributed by atoms with Crippen LogP contribution in [0.15, 0.2) is 59.7 Å². The lowest BCUT2D eigenvalue weighted by molar-refractivity contribution is -0.118. The molecule has 32 heavy (non-hydrogen) atoms. The maximum atomic E-state index is 13.5. The largest absolute Gasteiger partial charge is 0.482 e. The van der Waals surface area contributed by atoms with Gasteiger partial charge in [-0.05, 0) is 37.6 Å². The fourth-order valence-electron chi connectivity index (χ4n) is 3.95. The molecule has 0 aliphatic carbocycles. The molecule has 1 atom stereocenters. The molecule has 0 spiro atoms. The van der Waals surface area contributed by atoms with Crippen LogP contribution in [0.1, 0.15) is 28.2 Å². The Morgan fingerprint density at radius 1 is 1.19 bits per heavy atom. The first-order valence-electron chi connectivity index (χ1n) is 10.1. The molecule has 0 radical (unpaired) electrons. The lowest BCUT2D eigenvalue weighted by Crippen LogP contribution is -2.29. The van der Waals surface area contributed by atoms with Crippen LogP contribution in [0.25, 0.3) is 21.3 Å². The van der Waals surface area contributed by atoms with E-state index in [0.29, 0.717) is 27.2 Å². The van der Waals surface area contributed by atoms with Crippen LogP contribution >= 0.6 is 11.3 Å². The first-order chi connectivity index (χ1) is 15.4. The van der Waals surface area contributed by atoms with Gasteiger partial charge in [-0.15, -0.1) is 11.3 Å². The first-order valence-corrected chi connectivity index (χ1v) is 10.9. The highest BCUT2D eigenvalue weighted by molar-refractivity contribution is 7.19. The molecule has 0 saturated carbocycles. The normalized spacial score (nSPS) is 13.9. The second-order valence-electron chi connectivity index (χ2n) is 7.62. The molecule has 5 rings (SSSR count). The standard InChI is InChI=1S/C24H19N3O4S/c1-13(22(29)16-8-9-18-17(10-16)26-19(28)11-31-18)27-12-25-23-21(24(27)30)20(14(2)32-23)15-6-4-3-5-7-15/h3-10,12-13H,11H2,1-2H3,(H,26,28). The van der Waals surface area contributed by atoms with Crippen molar-refractivity contribution in [3.8, 4) is 16.9 Å². The predicted molar refractivity (Wildman–Crippen MR) is 124 cm³/mol. The second-order valence-corrected chi connectivity index (χ2v) is 8.83. The Kier molecular flexibility index (Phi) is 4.86. The van der Waals surface area contributed by atoms with Crippen molar-refractivity contribution >= 4 is 38.9 Å². The monoisotopic (exact) mass is 445 g/mol. The number of carbonyl (C=O) groups excluding carboxylic acids is 2. The summed E-state index contributed by atoms with van der Waals surface area (Å²) in [5.41, 5.74) is 2.36. The van der Waals surface area contributed by atoms with E-state index in [2.05, 4.69) is 10.3 Å². The highest BCUT2D eigenvalue weighted by Crippen LogP contribution is 2.35. The average molecular weight is 446 g/mol. The average Bonchev–Trinajstić information content (AvgIpc) is 3.15. The van der Waals surface area contributed by atoms with Crippen molar-refractivity contribution in [2.24, 2.45) is 0 Å². The van der Waals surface area contributed by atoms with Crippen LogP contribution in [0.5, 0.6) is 5.75 Å². The van der Waals surface area contributed by atoms with E-state index in [1.807, 2.05) is 37.3 Å². The molecule has 0 bridgehead atoms. The SMILES string of the molecule is Cc1sc2ncn(C(C)C(=O)c3ccc4c(c3)NC(=O)CO4)c(=O)c2c1-c1ccccc1. The Hall–Kier alpha value is -3.78. The van der Waals surface area contributed by atoms with Gasteiger partial charge in [0.15, 0.2) is 12.4 Å². The predicted octanol–water partition coefficient (Wildman–Crippen LogP) is 4.21. The number of aromatic nitrogens is 2. The van der Waals surface area contributed by atoms with Crippen molar-refractivity contribution in [3.05, 3.63) is 75.7 Å². The summed E-state index contributed by atoms with van der Waals surface area (Å²) < 4.78 is 6.73. The highest BCUT2D eigenvalue weighted by atomic mass is 32.1. The Labute approximate surface area is 187 Å². The number of ether oxygens (including phenoxy) is 1. The summed E-state index contributed by atoms with van der Waals surface area (Å²) in [5.74, 6) is -0.0262. The molecule has 4 aromatic rings. The van der Waals surface area contributed by atoms with E-state index in [1.165, 1.54) is 22.2 Å². The number of thiophene rings is 1. The van der Waals surface area contributed by atoms with Gasteiger partial charge in [0.1, 0.15) is 10.6 Å². The molecular weight excluding hydrogens is 426 g/mol. The summed E-state index contributed by atoms with van der Waals surface area (Å²) in [6.07, 6.45) is 1.43. The molecular formula is C24H19N3O4S. The van der Waals surface area contributed by atoms with Gasteiger partial charge in [0.05, 0.1) is 23.4 Å². The molecule has 1 aliphatic rings. The molecule has 1 unspecified atom stereocenters. The number of benzene rings is 2. The van der Waals surface area contributed by atoms with Crippen LogP contribution in [0.2, 0.25) is 0 Å². The number of aryl methyl sites for hydroxylation is 1. The molecule has 160 valence electrons. The lowest BCUT2D eigenvalue weighted by atomic mass is 10.0. The van der Waals surface area contributed by atoms with Crippen molar-refractivity contribution in [1.82, 2.24) is 9.55 Å². The Morgan fingerprint density at radius 2 is 1.97 bits per heavy atom. The van der Waals surface area contributed by atoms with E-state index in [-0.39, 0.29) is 23.9 Å². The summed E-state index contributed by atoms with van der Waals surface area (Å²) in [4.78, 5) is 44.4. The number of ketones is 1. The number of hydrogen-bond donors (Lipinski definition) is 1. The number of Topliss-reactive ketones (excluding diaryl/α,β-unsaturated/α-hetero) is 1. The fourth-order valence-corrected chi connectivity index (χ4v) is 4.95. The maximum absolute atomic E-state index is 13.5. The third-order valence-corrected chi connectivity index (χ3v) is 6.58. The molecule has 0 saturated heterocycles. The number of hydrogen-bond acceptors (Lipinski definition) is 6. The van der Waals surface area contributed by atoms with Crippen LogP contribution in [-0.4, -0.2) is 27.8 Å². The van der Waals surface area contributed by atoms with E-state index < -0.39 is 6.04 Å². The van der Waals surface area contributed by atoms with Gasteiger partial charge in [-0.3, -0.25) is 19.0 Å². The van der Waals surface area contributed by atoms with Crippen molar-refractivity contribution in [2.75, 3.05) is 11.9 Å². The van der Waals surface area contributed by atoms with E-state index in [1.54, 1.807) is 25.1 Å². The number of rotatable bonds is 4. The van der Waals surface area contributed by atoms with Crippen molar-refractivity contribution in [1.29, 1.82) is 0 Å². The summed E-state index contributed by atoms with van der Waals surface area (Å²) in [7, 11) is 0. The number of fused-ring (bicyclic) bond motifs is 2. The van der Waals surface area contributed by atoms with Crippen LogP contribution in [-0.2, 0) is 4.79 Å². The summed E-state index contributed by atoms with van der Waals surface area (Å²) in [6.45, 7) is 3.59. The lowest BCUT2D eigenvalue weighted by Gasteiger charge is -2.19. The van der Waals surface area contributed by atoms with Gasteiger partial charge in [-0.25, -0.2) is 4.98 Å². The number of amides is 1. The van der Waals surface area contributed by atoms with Crippen molar-refractivity contribution in [2.45, 2.75) is 19.9 Å². The number of carbonyl (C=O) groups is 2. The quantitative estimate of drug-likeness (QED) is 0.475. The highest BCUT2D eigenvalue weighted by Gasteiger charge is 2.24. The van der Waals surface area contributed by atoms with Gasteiger partial charge in [0.2, 0.25) is 0 Å². The molecule has 1 aliphatic heterocycles. The fraction of sp³-hybridized carbons (Fsp3) is 0.167. The van der Waals surface area contributed by atoms with E-state index in [4.69, 9.17) is 4.74 Å². The first kappa shape index (κ1) is 20.1. The molecule has 1 amide bonds. The molecule has 7 nitrogen and oxygen atoms in total. The maximum Gasteiger partial charge on any atom is 0.263 e. The minimum absolute atomic E-state index is 0.0540. The zero-order chi connectivity index (χ0) is 22.4. The number of nitrogens with zero attached hydrogens (tertiary/aromatic N) is 2. The van der Waals surface area contributed by atoms with Gasteiger partial charge in [-0.2, -0.15) is 0 Å². The number of nitrogens with one attached hydrogen (secondary N) is 1. The molecule has 2 aromatic carbocycles. The zero-order valence-electron chi connectivity index (χ0n) is 17.4. The van der Waals surface area contributed by atoms with Gasteiger partial charge < -0.3 is 10.1 Å². The molecule has 8 heteroatoms. The Morgan fingerprint density at radius 3 is 2.75 bits per heavy atom. The van der Waals surface area contributed by atoms with E-state index in [0.717, 1.165) is 16.0 Å². The van der Waals surface area contributed by atoms with Crippen molar-refractivity contribution in [3.63, 3.8) is 0 Å². The minimum atomic E-state index is -0.776. The van der Waals surface area contributed by atoms with Gasteiger partial charge >= 0.3 is 0 Å². The smallest absolute Gasteiger partial charge is 0.263 e. The van der Waals surface area contributed by atoms with Crippen LogP contribution in [0.3, 0.4) is 0 Å². The topological polar surface area (TPSA) is 90.3 Å². The minimum Gasteiger partial charge on any atom is -0.482 e. The summed E-state index contributed by atoms with van der Waals surface area (Å²) >= 11 is 1.47. The van der Waals surface area contributed by atoms with Crippen LogP contribution < -0.4 is 15.6 Å². The zero-order valence-corrected chi connectivity index (χ0v) is 18.2. The number of anilines is 1. The Bertz CT molecular complexity index is 1440. The third-order valence-electron chi connectivity index (χ3n) is 5.57. The van der Waals surface area contributed by atoms with Crippen LogP contribution in [0, 0.1) is 6.92 Å². The molecule has 3 heterocycles. The van der Waals surface area contributed by atoms with Crippen LogP contribution in [0.4, 0.5) is 5.69 Å². The van der Waals surface area contributed by atoms with Gasteiger partial charge in [-0.1, -0.05) is 30.3 Å². The Balaban J connectivity index is 1.57. The third kappa shape index (κ3) is 3.29. The molecule has 2 aromatic heterocycles. The summed E-state index contributed by atoms with van der Waals surface area (Å²) in [6, 6.07) is 13.8. The van der Waals surface area contributed by atoms with E-state index >= 15 is 0 Å². The van der Waals surface area contributed by atoms with Gasteiger partial charge in [0.25, 0.3) is 11.5 Å².